The Morgan fingerprint density at radius 2 is 1.90 bits per heavy atom. The van der Waals surface area contributed by atoms with Gasteiger partial charge in [0.2, 0.25) is 5.91 Å². The molecule has 0 aromatic heterocycles. The van der Waals surface area contributed by atoms with Crippen molar-refractivity contribution in [1.29, 1.82) is 0 Å². The fourth-order valence-corrected chi connectivity index (χ4v) is 3.03. The number of hydrogen-bond acceptors (Lipinski definition) is 6. The monoisotopic (exact) mass is 478 g/mol. The van der Waals surface area contributed by atoms with Gasteiger partial charge < -0.3 is 19.9 Å². The Labute approximate surface area is 180 Å². The van der Waals surface area contributed by atoms with E-state index >= 15 is 0 Å². The maximum atomic E-state index is 11.3. The number of halogens is 1. The van der Waals surface area contributed by atoms with E-state index in [-0.39, 0.29) is 18.0 Å². The fraction of sp³-hybridized carbons (Fsp3) is 0.200. The van der Waals surface area contributed by atoms with Crippen molar-refractivity contribution in [3.8, 4) is 11.5 Å². The van der Waals surface area contributed by atoms with Gasteiger partial charge in [0.25, 0.3) is 5.69 Å². The van der Waals surface area contributed by atoms with Crippen LogP contribution in [0.3, 0.4) is 0 Å². The molecule has 0 aliphatic heterocycles. The van der Waals surface area contributed by atoms with Crippen LogP contribution in [-0.2, 0) is 16.2 Å². The Balaban J connectivity index is 2.30. The molecule has 0 atom stereocenters. The van der Waals surface area contributed by atoms with Gasteiger partial charge in [-0.05, 0) is 64.3 Å². The molecule has 1 amide bonds. The maximum absolute atomic E-state index is 11.3. The van der Waals surface area contributed by atoms with Crippen LogP contribution < -0.4 is 14.8 Å². The summed E-state index contributed by atoms with van der Waals surface area (Å²) in [4.78, 5) is 32.8. The first-order chi connectivity index (χ1) is 14.2. The molecule has 2 aromatic rings. The Kier molecular flexibility index (Phi) is 7.93. The van der Waals surface area contributed by atoms with E-state index in [9.17, 15) is 24.8 Å². The molecule has 0 saturated carbocycles. The van der Waals surface area contributed by atoms with E-state index in [4.69, 9.17) is 9.47 Å². The third-order valence-corrected chi connectivity index (χ3v) is 4.30. The molecule has 30 heavy (non-hydrogen) atoms. The van der Waals surface area contributed by atoms with Crippen LogP contribution in [0.15, 0.2) is 46.6 Å². The standard InChI is InChI=1S/C20H19BrN2O7/c1-3-29-18-10-14(9-17(20(25)26)22-12(2)24)8-16(21)19(18)30-11-13-4-6-15(7-5-13)23(27)28/h4-10H,3,11H2,1-2H3,(H,22,24)(H,25,26). The number of rotatable bonds is 9. The lowest BCUT2D eigenvalue weighted by molar-refractivity contribution is -0.384. The molecule has 2 N–H and O–H groups in total. The van der Waals surface area contributed by atoms with E-state index in [2.05, 4.69) is 21.2 Å². The Morgan fingerprint density at radius 3 is 2.43 bits per heavy atom. The van der Waals surface area contributed by atoms with Crippen LogP contribution >= 0.6 is 15.9 Å². The fourth-order valence-electron chi connectivity index (χ4n) is 2.45. The van der Waals surface area contributed by atoms with Crippen molar-refractivity contribution in [1.82, 2.24) is 5.32 Å². The van der Waals surface area contributed by atoms with Crippen molar-refractivity contribution in [2.24, 2.45) is 0 Å². The second kappa shape index (κ2) is 10.4. The first-order valence-electron chi connectivity index (χ1n) is 8.76. The molecule has 0 radical (unpaired) electrons. The van der Waals surface area contributed by atoms with Gasteiger partial charge >= 0.3 is 5.97 Å². The Hall–Kier alpha value is -3.40. The number of nitrogens with one attached hydrogen (secondary N) is 1. The van der Waals surface area contributed by atoms with Gasteiger partial charge in [-0.25, -0.2) is 4.79 Å². The summed E-state index contributed by atoms with van der Waals surface area (Å²) in [6.07, 6.45) is 1.30. The van der Waals surface area contributed by atoms with Crippen LogP contribution in [0.1, 0.15) is 25.0 Å². The first kappa shape index (κ1) is 22.9. The molecular weight excluding hydrogens is 460 g/mol. The minimum Gasteiger partial charge on any atom is -0.490 e. The van der Waals surface area contributed by atoms with Gasteiger partial charge in [0.05, 0.1) is 16.0 Å². The van der Waals surface area contributed by atoms with E-state index in [0.29, 0.717) is 28.1 Å². The smallest absolute Gasteiger partial charge is 0.352 e. The molecule has 2 aromatic carbocycles. The van der Waals surface area contributed by atoms with Crippen LogP contribution in [0.2, 0.25) is 0 Å². The highest BCUT2D eigenvalue weighted by Crippen LogP contribution is 2.38. The van der Waals surface area contributed by atoms with Gasteiger partial charge in [-0.3, -0.25) is 14.9 Å². The number of carboxylic acid groups (broad SMARTS) is 1. The minimum absolute atomic E-state index is 0.0144. The van der Waals surface area contributed by atoms with Crippen LogP contribution in [0, 0.1) is 10.1 Å². The molecule has 0 bridgehead atoms. The summed E-state index contributed by atoms with van der Waals surface area (Å²) in [6.45, 7) is 3.48. The highest BCUT2D eigenvalue weighted by atomic mass is 79.9. The number of non-ortho nitro benzene ring substituents is 1. The zero-order chi connectivity index (χ0) is 22.3. The molecule has 10 heteroatoms. The predicted octanol–water partition coefficient (Wildman–Crippen LogP) is 3.90. The minimum atomic E-state index is -1.28. The Morgan fingerprint density at radius 1 is 1.23 bits per heavy atom. The molecule has 0 heterocycles. The average Bonchev–Trinajstić information content (AvgIpc) is 2.67. The third-order valence-electron chi connectivity index (χ3n) is 3.71. The molecule has 2 rings (SSSR count). The van der Waals surface area contributed by atoms with Gasteiger partial charge in [0, 0.05) is 19.1 Å². The Bertz CT molecular complexity index is 987. The number of benzene rings is 2. The number of carboxylic acids is 1. The summed E-state index contributed by atoms with van der Waals surface area (Å²) >= 11 is 3.39. The summed E-state index contributed by atoms with van der Waals surface area (Å²) in [6, 6.07) is 9.18. The molecule has 0 aliphatic rings. The van der Waals surface area contributed by atoms with Crippen molar-refractivity contribution in [3.63, 3.8) is 0 Å². The SMILES string of the molecule is CCOc1cc(C=C(NC(C)=O)C(=O)O)cc(Br)c1OCc1ccc([N+](=O)[O-])cc1. The number of aliphatic carboxylic acids is 1. The summed E-state index contributed by atoms with van der Waals surface area (Å²) in [5.41, 5.74) is 0.896. The van der Waals surface area contributed by atoms with Crippen molar-refractivity contribution in [2.45, 2.75) is 20.5 Å². The lowest BCUT2D eigenvalue weighted by Gasteiger charge is -2.15. The van der Waals surface area contributed by atoms with Crippen LogP contribution in [-0.4, -0.2) is 28.5 Å². The molecule has 9 nitrogen and oxygen atoms in total. The second-order valence-corrected chi connectivity index (χ2v) is 6.87. The largest absolute Gasteiger partial charge is 0.490 e. The molecule has 0 unspecified atom stereocenters. The quantitative estimate of drug-likeness (QED) is 0.317. The summed E-state index contributed by atoms with van der Waals surface area (Å²) in [5, 5.41) is 22.3. The number of hydrogen-bond donors (Lipinski definition) is 2. The van der Waals surface area contributed by atoms with Crippen molar-refractivity contribution in [3.05, 3.63) is 67.8 Å². The van der Waals surface area contributed by atoms with Gasteiger partial charge in [-0.15, -0.1) is 0 Å². The number of nitro groups is 1. The molecule has 0 spiro atoms. The molecular formula is C20H19BrN2O7. The highest BCUT2D eigenvalue weighted by molar-refractivity contribution is 9.10. The zero-order valence-corrected chi connectivity index (χ0v) is 17.8. The summed E-state index contributed by atoms with van der Waals surface area (Å²) in [5.74, 6) is -1.02. The zero-order valence-electron chi connectivity index (χ0n) is 16.2. The van der Waals surface area contributed by atoms with Gasteiger partial charge in [0.1, 0.15) is 12.3 Å². The molecule has 0 fully saturated rings. The lowest BCUT2D eigenvalue weighted by atomic mass is 10.1. The average molecular weight is 479 g/mol. The molecule has 158 valence electrons. The van der Waals surface area contributed by atoms with Gasteiger partial charge in [-0.2, -0.15) is 0 Å². The van der Waals surface area contributed by atoms with E-state index < -0.39 is 16.8 Å². The third kappa shape index (κ3) is 6.31. The number of amides is 1. The highest BCUT2D eigenvalue weighted by Gasteiger charge is 2.15. The van der Waals surface area contributed by atoms with Gasteiger partial charge in [-0.1, -0.05) is 0 Å². The van der Waals surface area contributed by atoms with Crippen molar-refractivity contribution >= 4 is 39.6 Å². The summed E-state index contributed by atoms with van der Waals surface area (Å²) in [7, 11) is 0. The maximum Gasteiger partial charge on any atom is 0.352 e. The van der Waals surface area contributed by atoms with E-state index in [1.54, 1.807) is 31.2 Å². The van der Waals surface area contributed by atoms with Crippen LogP contribution in [0.5, 0.6) is 11.5 Å². The number of nitrogens with zero attached hydrogens (tertiary/aromatic N) is 1. The predicted molar refractivity (Wildman–Crippen MR) is 112 cm³/mol. The van der Waals surface area contributed by atoms with E-state index in [1.807, 2.05) is 0 Å². The summed E-state index contributed by atoms with van der Waals surface area (Å²) < 4.78 is 12.0. The van der Waals surface area contributed by atoms with Crippen LogP contribution in [0.25, 0.3) is 6.08 Å². The molecule has 0 aliphatic carbocycles. The van der Waals surface area contributed by atoms with Gasteiger partial charge in [0.15, 0.2) is 11.5 Å². The second-order valence-electron chi connectivity index (χ2n) is 6.02. The number of ether oxygens (including phenoxy) is 2. The molecule has 0 saturated heterocycles. The van der Waals surface area contributed by atoms with Crippen molar-refractivity contribution < 1.29 is 29.1 Å². The topological polar surface area (TPSA) is 128 Å². The normalized spacial score (nSPS) is 11.0. The number of nitro benzene ring substituents is 1. The number of carbonyl (C=O) groups excluding carboxylic acids is 1. The first-order valence-corrected chi connectivity index (χ1v) is 9.55. The van der Waals surface area contributed by atoms with E-state index in [0.717, 1.165) is 5.56 Å². The van der Waals surface area contributed by atoms with Crippen LogP contribution in [0.4, 0.5) is 5.69 Å². The van der Waals surface area contributed by atoms with Crippen molar-refractivity contribution in [2.75, 3.05) is 6.61 Å². The lowest BCUT2D eigenvalue weighted by Crippen LogP contribution is -2.24. The number of carbonyl (C=O) groups is 2. The van der Waals surface area contributed by atoms with E-state index in [1.165, 1.54) is 25.1 Å².